The van der Waals surface area contributed by atoms with Crippen molar-refractivity contribution in [2.75, 3.05) is 32.1 Å². The minimum absolute atomic E-state index is 0.0436. The van der Waals surface area contributed by atoms with Gasteiger partial charge in [0.2, 0.25) is 15.9 Å². The molecule has 2 N–H and O–H groups in total. The van der Waals surface area contributed by atoms with Gasteiger partial charge in [0.25, 0.3) is 5.91 Å². The van der Waals surface area contributed by atoms with Gasteiger partial charge in [0, 0.05) is 25.2 Å². The molecule has 0 radical (unpaired) electrons. The van der Waals surface area contributed by atoms with E-state index in [9.17, 15) is 23.1 Å². The molecule has 0 fully saturated rings. The van der Waals surface area contributed by atoms with E-state index in [0.717, 1.165) is 11.1 Å². The van der Waals surface area contributed by atoms with E-state index in [4.69, 9.17) is 4.74 Å². The second kappa shape index (κ2) is 12.8. The Hall–Kier alpha value is -3.73. The van der Waals surface area contributed by atoms with Crippen LogP contribution in [0, 0.1) is 12.8 Å². The van der Waals surface area contributed by atoms with Crippen LogP contribution in [0.3, 0.4) is 0 Å². The number of hydrogen-bond donors (Lipinski definition) is 2. The molecule has 2 amide bonds. The second-order valence-corrected chi connectivity index (χ2v) is 12.7. The molecule has 1 heterocycles. The first kappa shape index (κ1) is 30.2. The van der Waals surface area contributed by atoms with E-state index in [-0.39, 0.29) is 60.1 Å². The van der Waals surface area contributed by atoms with Crippen LogP contribution in [0.5, 0.6) is 5.75 Å². The maximum atomic E-state index is 13.7. The zero-order valence-corrected chi connectivity index (χ0v) is 24.6. The van der Waals surface area contributed by atoms with Gasteiger partial charge in [-0.1, -0.05) is 55.0 Å². The zero-order chi connectivity index (χ0) is 29.7. The number of benzene rings is 3. The Kier molecular flexibility index (Phi) is 9.47. The van der Waals surface area contributed by atoms with Gasteiger partial charge in [-0.05, 0) is 49.7 Å². The van der Waals surface area contributed by atoms with Gasteiger partial charge in [-0.25, -0.2) is 8.42 Å². The maximum absolute atomic E-state index is 13.7. The summed E-state index contributed by atoms with van der Waals surface area (Å²) in [5.41, 5.74) is 2.48. The smallest absolute Gasteiger partial charge is 0.258 e. The van der Waals surface area contributed by atoms with Crippen LogP contribution in [0.15, 0.2) is 77.7 Å². The highest BCUT2D eigenvalue weighted by Gasteiger charge is 2.35. The topological polar surface area (TPSA) is 116 Å². The first-order valence-electron chi connectivity index (χ1n) is 13.6. The number of aliphatic hydroxyl groups excluding tert-OH is 1. The third-order valence-corrected chi connectivity index (χ3v) is 9.16. The number of anilines is 1. The molecule has 0 aromatic heterocycles. The highest BCUT2D eigenvalue weighted by Crippen LogP contribution is 2.31. The minimum atomic E-state index is -3.78. The lowest BCUT2D eigenvalue weighted by Gasteiger charge is -2.38. The molecule has 0 aliphatic carbocycles. The standard InChI is InChI=1S/C31H37N3O6S/c1-21-10-13-26(14-11-21)41(38,39)33(4)19-29-22(2)18-34(23(3)20-35)31(37)27-17-25(12-15-28(27)40-29)32-30(36)16-24-8-6-5-7-9-24/h5-15,17,22-23,29,35H,16,18-20H2,1-4H3,(H,32,36)/t22-,23-,29-/m1/s1. The van der Waals surface area contributed by atoms with Crippen molar-refractivity contribution >= 4 is 27.5 Å². The molecule has 0 saturated carbocycles. The molecule has 3 aromatic rings. The Morgan fingerprint density at radius 3 is 2.46 bits per heavy atom. The number of sulfonamides is 1. The van der Waals surface area contributed by atoms with Crippen LogP contribution < -0.4 is 10.1 Å². The molecule has 218 valence electrons. The van der Waals surface area contributed by atoms with Crippen LogP contribution in [0.1, 0.15) is 35.3 Å². The fourth-order valence-corrected chi connectivity index (χ4v) is 5.93. The molecule has 1 aliphatic heterocycles. The molecule has 10 heteroatoms. The lowest BCUT2D eigenvalue weighted by molar-refractivity contribution is -0.115. The van der Waals surface area contributed by atoms with Crippen LogP contribution >= 0.6 is 0 Å². The monoisotopic (exact) mass is 579 g/mol. The average molecular weight is 580 g/mol. The number of ether oxygens (including phenoxy) is 1. The van der Waals surface area contributed by atoms with E-state index in [1.165, 1.54) is 11.4 Å². The van der Waals surface area contributed by atoms with Crippen molar-refractivity contribution in [3.8, 4) is 5.75 Å². The third kappa shape index (κ3) is 7.13. The van der Waals surface area contributed by atoms with Crippen LogP contribution in [0.25, 0.3) is 0 Å². The molecule has 41 heavy (non-hydrogen) atoms. The summed E-state index contributed by atoms with van der Waals surface area (Å²) in [6, 6.07) is 20.4. The summed E-state index contributed by atoms with van der Waals surface area (Å²) in [6.45, 7) is 5.58. The van der Waals surface area contributed by atoms with Gasteiger partial charge in [0.1, 0.15) is 11.9 Å². The van der Waals surface area contributed by atoms with E-state index in [2.05, 4.69) is 5.32 Å². The number of nitrogens with zero attached hydrogens (tertiary/aromatic N) is 2. The first-order valence-corrected chi connectivity index (χ1v) is 15.0. The van der Waals surface area contributed by atoms with Gasteiger partial charge in [-0.15, -0.1) is 0 Å². The summed E-state index contributed by atoms with van der Waals surface area (Å²) >= 11 is 0. The van der Waals surface area contributed by atoms with Crippen molar-refractivity contribution in [1.82, 2.24) is 9.21 Å². The molecule has 4 rings (SSSR count). The molecule has 0 spiro atoms. The number of carbonyl (C=O) groups excluding carboxylic acids is 2. The molecule has 0 unspecified atom stereocenters. The Bertz CT molecular complexity index is 1480. The number of carbonyl (C=O) groups is 2. The highest BCUT2D eigenvalue weighted by atomic mass is 32.2. The summed E-state index contributed by atoms with van der Waals surface area (Å²) < 4.78 is 34.2. The van der Waals surface area contributed by atoms with Crippen LogP contribution in [0.2, 0.25) is 0 Å². The second-order valence-electron chi connectivity index (χ2n) is 10.6. The van der Waals surface area contributed by atoms with Crippen molar-refractivity contribution < 1.29 is 27.9 Å². The van der Waals surface area contributed by atoms with Crippen LogP contribution in [0.4, 0.5) is 5.69 Å². The lowest BCUT2D eigenvalue weighted by Crippen LogP contribution is -2.50. The van der Waals surface area contributed by atoms with Crippen LogP contribution in [-0.4, -0.2) is 73.4 Å². The fraction of sp³-hybridized carbons (Fsp3) is 0.355. The summed E-state index contributed by atoms with van der Waals surface area (Å²) in [5.74, 6) is -0.553. The lowest BCUT2D eigenvalue weighted by atomic mass is 9.99. The number of amides is 2. The van der Waals surface area contributed by atoms with Gasteiger partial charge in [-0.3, -0.25) is 9.59 Å². The number of rotatable bonds is 9. The largest absolute Gasteiger partial charge is 0.488 e. The van der Waals surface area contributed by atoms with Gasteiger partial charge in [0.05, 0.1) is 36.1 Å². The Labute approximate surface area is 241 Å². The SMILES string of the molecule is Cc1ccc(S(=O)(=O)N(C)C[C@H]2Oc3ccc(NC(=O)Cc4ccccc4)cc3C(=O)N([C@H](C)CO)C[C@H]2C)cc1. The van der Waals surface area contributed by atoms with Crippen molar-refractivity contribution in [1.29, 1.82) is 0 Å². The minimum Gasteiger partial charge on any atom is -0.488 e. The molecule has 0 saturated heterocycles. The van der Waals surface area contributed by atoms with Crippen molar-refractivity contribution in [3.63, 3.8) is 0 Å². The number of nitrogens with one attached hydrogen (secondary N) is 1. The number of aryl methyl sites for hydroxylation is 1. The predicted molar refractivity (Wildman–Crippen MR) is 157 cm³/mol. The maximum Gasteiger partial charge on any atom is 0.258 e. The van der Waals surface area contributed by atoms with Gasteiger partial charge in [-0.2, -0.15) is 4.31 Å². The number of likely N-dealkylation sites (N-methyl/N-ethyl adjacent to an activating group) is 1. The van der Waals surface area contributed by atoms with E-state index in [1.807, 2.05) is 44.2 Å². The summed E-state index contributed by atoms with van der Waals surface area (Å²) in [7, 11) is -2.27. The Balaban J connectivity index is 1.61. The Morgan fingerprint density at radius 2 is 1.80 bits per heavy atom. The summed E-state index contributed by atoms with van der Waals surface area (Å²) in [4.78, 5) is 28.1. The molecular formula is C31H37N3O6S. The highest BCUT2D eigenvalue weighted by molar-refractivity contribution is 7.89. The molecule has 3 aromatic carbocycles. The molecule has 1 aliphatic rings. The molecular weight excluding hydrogens is 542 g/mol. The summed E-state index contributed by atoms with van der Waals surface area (Å²) in [5, 5.41) is 12.8. The van der Waals surface area contributed by atoms with E-state index < -0.39 is 22.2 Å². The molecule has 3 atom stereocenters. The van der Waals surface area contributed by atoms with Crippen molar-refractivity contribution in [2.45, 2.75) is 44.2 Å². The number of hydrogen-bond acceptors (Lipinski definition) is 6. The van der Waals surface area contributed by atoms with E-state index in [1.54, 1.807) is 54.3 Å². The van der Waals surface area contributed by atoms with Gasteiger partial charge < -0.3 is 20.1 Å². The predicted octanol–water partition coefficient (Wildman–Crippen LogP) is 3.72. The summed E-state index contributed by atoms with van der Waals surface area (Å²) in [6.07, 6.45) is -0.420. The van der Waals surface area contributed by atoms with Crippen molar-refractivity contribution in [2.24, 2.45) is 5.92 Å². The fourth-order valence-electron chi connectivity index (χ4n) is 4.75. The average Bonchev–Trinajstić information content (AvgIpc) is 2.95. The number of aliphatic hydroxyl groups is 1. The number of fused-ring (bicyclic) bond motifs is 1. The van der Waals surface area contributed by atoms with Crippen LogP contribution in [-0.2, 0) is 21.2 Å². The van der Waals surface area contributed by atoms with Gasteiger partial charge in [0.15, 0.2) is 0 Å². The first-order chi connectivity index (χ1) is 19.5. The quantitative estimate of drug-likeness (QED) is 0.399. The molecule has 0 bridgehead atoms. The Morgan fingerprint density at radius 1 is 1.12 bits per heavy atom. The third-order valence-electron chi connectivity index (χ3n) is 7.32. The van der Waals surface area contributed by atoms with E-state index >= 15 is 0 Å². The zero-order valence-electron chi connectivity index (χ0n) is 23.8. The van der Waals surface area contributed by atoms with E-state index in [0.29, 0.717) is 5.69 Å². The van der Waals surface area contributed by atoms with Crippen molar-refractivity contribution in [3.05, 3.63) is 89.5 Å². The van der Waals surface area contributed by atoms with Gasteiger partial charge >= 0.3 is 0 Å². The normalized spacial score (nSPS) is 18.2. The molecule has 9 nitrogen and oxygen atoms in total.